The minimum atomic E-state index is -0.260. The molecule has 66 heavy (non-hydrogen) atoms. The molecular weight excluding hydrogens is 807 g/mol. The van der Waals surface area contributed by atoms with Crippen LogP contribution < -0.4 is 4.90 Å². The van der Waals surface area contributed by atoms with E-state index < -0.39 is 0 Å². The van der Waals surface area contributed by atoms with Gasteiger partial charge in [-0.15, -0.1) is 0 Å². The van der Waals surface area contributed by atoms with Crippen LogP contribution >= 0.6 is 0 Å². The van der Waals surface area contributed by atoms with E-state index in [9.17, 15) is 0 Å². The zero-order valence-corrected chi connectivity index (χ0v) is 36.4. The second kappa shape index (κ2) is 14.7. The highest BCUT2D eigenvalue weighted by Crippen LogP contribution is 2.54. The number of fused-ring (bicyclic) bond motifs is 8. The summed E-state index contributed by atoms with van der Waals surface area (Å²) < 4.78 is 9.48. The molecule has 312 valence electrons. The highest BCUT2D eigenvalue weighted by molar-refractivity contribution is 6.15. The van der Waals surface area contributed by atoms with Crippen molar-refractivity contribution in [3.05, 3.63) is 223 Å². The molecule has 13 rings (SSSR count). The predicted molar refractivity (Wildman–Crippen MR) is 270 cm³/mol. The first-order chi connectivity index (χ1) is 32.5. The summed E-state index contributed by atoms with van der Waals surface area (Å²) in [4.78, 5) is 17.5. The normalized spacial score (nSPS) is 13.1. The first-order valence-electron chi connectivity index (χ1n) is 22.4. The first-order valence-corrected chi connectivity index (χ1v) is 22.4. The summed E-state index contributed by atoms with van der Waals surface area (Å²) in [6, 6.07) is 74.9. The Kier molecular flexibility index (Phi) is 8.46. The van der Waals surface area contributed by atoms with Crippen molar-refractivity contribution < 1.29 is 4.42 Å². The average Bonchev–Trinajstić information content (AvgIpc) is 3.92. The Hall–Kier alpha value is -8.61. The monoisotopic (exact) mass is 847 g/mol. The zero-order chi connectivity index (χ0) is 43.9. The molecule has 0 fully saturated rings. The molecule has 0 bridgehead atoms. The van der Waals surface area contributed by atoms with Crippen molar-refractivity contribution in [3.8, 4) is 51.0 Å². The second-order valence-corrected chi connectivity index (χ2v) is 17.6. The Bertz CT molecular complexity index is 3780. The highest BCUT2D eigenvalue weighted by Gasteiger charge is 2.38. The Morgan fingerprint density at radius 2 is 0.924 bits per heavy atom. The average molecular weight is 848 g/mol. The smallest absolute Gasteiger partial charge is 0.167 e. The molecule has 0 saturated heterocycles. The molecule has 1 aliphatic heterocycles. The second-order valence-electron chi connectivity index (χ2n) is 17.6. The number of rotatable bonds is 6. The molecule has 3 aromatic heterocycles. The van der Waals surface area contributed by atoms with Gasteiger partial charge in [-0.2, -0.15) is 0 Å². The van der Waals surface area contributed by atoms with E-state index in [4.69, 9.17) is 19.4 Å². The summed E-state index contributed by atoms with van der Waals surface area (Å²) in [5.41, 5.74) is 15.6. The van der Waals surface area contributed by atoms with Crippen molar-refractivity contribution in [1.29, 1.82) is 0 Å². The van der Waals surface area contributed by atoms with Crippen molar-refractivity contribution in [1.82, 2.24) is 19.5 Å². The SMILES string of the molecule is CC1(C)c2ccccc2N(c2ccccc2)c2cc3c(cc21)c1cc(-c2cccc4c2oc2c(-c5nc(-c6ccccc6)nc(-c6ccccc6)n5)cccc24)ccc1n3-c1ccccc1. The van der Waals surface area contributed by atoms with E-state index in [0.29, 0.717) is 17.5 Å². The number of benzene rings is 9. The van der Waals surface area contributed by atoms with E-state index in [-0.39, 0.29) is 5.41 Å². The molecule has 0 N–H and O–H groups in total. The molecule has 0 spiro atoms. The summed E-state index contributed by atoms with van der Waals surface area (Å²) in [5.74, 6) is 1.78. The predicted octanol–water partition coefficient (Wildman–Crippen LogP) is 15.6. The standard InChI is InChI=1S/C60H41N5O/c1-60(2)49-31-15-16-32-52(49)65(42-25-13-6-14-26-42)54-37-53-48(36-50(54)60)47-35-40(33-34-51(47)64(53)41-23-11-5-12-24-41)43-27-17-28-44-45-29-18-30-46(56(45)66-55(43)44)59-62-57(38-19-7-3-8-20-38)61-58(63-59)39-21-9-4-10-22-39/h3-37H,1-2H3. The van der Waals surface area contributed by atoms with Crippen LogP contribution in [0.2, 0.25) is 0 Å². The van der Waals surface area contributed by atoms with Crippen LogP contribution in [0.25, 0.3) is 94.7 Å². The molecule has 6 nitrogen and oxygen atoms in total. The van der Waals surface area contributed by atoms with Crippen molar-refractivity contribution in [2.24, 2.45) is 0 Å². The van der Waals surface area contributed by atoms with Gasteiger partial charge in [0.1, 0.15) is 11.2 Å². The van der Waals surface area contributed by atoms with E-state index >= 15 is 0 Å². The van der Waals surface area contributed by atoms with Crippen LogP contribution in [0, 0.1) is 0 Å². The molecule has 6 heteroatoms. The Balaban J connectivity index is 1.02. The Labute approximate surface area is 381 Å². The van der Waals surface area contributed by atoms with Crippen LogP contribution in [-0.2, 0) is 5.41 Å². The quantitative estimate of drug-likeness (QED) is 0.167. The van der Waals surface area contributed by atoms with Gasteiger partial charge in [0.05, 0.1) is 28.0 Å². The lowest BCUT2D eigenvalue weighted by atomic mass is 9.73. The molecule has 0 saturated carbocycles. The topological polar surface area (TPSA) is 60.0 Å². The summed E-state index contributed by atoms with van der Waals surface area (Å²) in [7, 11) is 0. The third kappa shape index (κ3) is 5.85. The number of aromatic nitrogens is 4. The largest absolute Gasteiger partial charge is 0.455 e. The summed E-state index contributed by atoms with van der Waals surface area (Å²) in [6.07, 6.45) is 0. The van der Waals surface area contributed by atoms with Crippen LogP contribution in [0.4, 0.5) is 17.1 Å². The lowest BCUT2D eigenvalue weighted by Gasteiger charge is -2.42. The maximum Gasteiger partial charge on any atom is 0.167 e. The van der Waals surface area contributed by atoms with E-state index in [1.807, 2.05) is 66.7 Å². The van der Waals surface area contributed by atoms with Crippen LogP contribution in [0.15, 0.2) is 217 Å². The number of hydrogen-bond acceptors (Lipinski definition) is 5. The van der Waals surface area contributed by atoms with Gasteiger partial charge in [-0.3, -0.25) is 0 Å². The van der Waals surface area contributed by atoms with Crippen LogP contribution in [0.5, 0.6) is 0 Å². The van der Waals surface area contributed by atoms with E-state index in [2.05, 4.69) is 169 Å². The van der Waals surface area contributed by atoms with Crippen molar-refractivity contribution in [2.45, 2.75) is 19.3 Å². The number of nitrogens with zero attached hydrogens (tertiary/aromatic N) is 5. The lowest BCUT2D eigenvalue weighted by Crippen LogP contribution is -2.30. The molecule has 12 aromatic rings. The van der Waals surface area contributed by atoms with Gasteiger partial charge < -0.3 is 13.9 Å². The fraction of sp³-hybridized carbons (Fsp3) is 0.0500. The molecule has 0 amide bonds. The summed E-state index contributed by atoms with van der Waals surface area (Å²) in [5, 5.41) is 4.42. The van der Waals surface area contributed by atoms with Gasteiger partial charge in [0, 0.05) is 55.0 Å². The third-order valence-electron chi connectivity index (χ3n) is 13.4. The van der Waals surface area contributed by atoms with Gasteiger partial charge >= 0.3 is 0 Å². The molecule has 9 aromatic carbocycles. The Morgan fingerprint density at radius 3 is 1.59 bits per heavy atom. The first kappa shape index (κ1) is 37.9. The molecule has 0 aliphatic carbocycles. The molecular formula is C60H41N5O. The molecule has 0 atom stereocenters. The zero-order valence-electron chi connectivity index (χ0n) is 36.4. The third-order valence-corrected chi connectivity index (χ3v) is 13.4. The van der Waals surface area contributed by atoms with Gasteiger partial charge in [-0.25, -0.2) is 15.0 Å². The van der Waals surface area contributed by atoms with E-state index in [1.165, 1.54) is 33.3 Å². The van der Waals surface area contributed by atoms with Crippen molar-refractivity contribution in [2.75, 3.05) is 4.90 Å². The molecule has 4 heterocycles. The van der Waals surface area contributed by atoms with Gasteiger partial charge in [0.15, 0.2) is 17.5 Å². The number of anilines is 3. The van der Waals surface area contributed by atoms with E-state index in [0.717, 1.165) is 72.2 Å². The fourth-order valence-corrected chi connectivity index (χ4v) is 10.2. The van der Waals surface area contributed by atoms with Crippen molar-refractivity contribution >= 4 is 60.8 Å². The summed E-state index contributed by atoms with van der Waals surface area (Å²) >= 11 is 0. The molecule has 0 unspecified atom stereocenters. The fourth-order valence-electron chi connectivity index (χ4n) is 10.2. The maximum atomic E-state index is 7.07. The maximum absolute atomic E-state index is 7.07. The van der Waals surface area contributed by atoms with Crippen LogP contribution in [-0.4, -0.2) is 19.5 Å². The molecule has 0 radical (unpaired) electrons. The minimum Gasteiger partial charge on any atom is -0.455 e. The van der Waals surface area contributed by atoms with Crippen molar-refractivity contribution in [3.63, 3.8) is 0 Å². The van der Waals surface area contributed by atoms with Crippen LogP contribution in [0.3, 0.4) is 0 Å². The number of para-hydroxylation sites is 5. The molecule has 1 aliphatic rings. The number of furan rings is 1. The van der Waals surface area contributed by atoms with Gasteiger partial charge in [0.25, 0.3) is 0 Å². The minimum absolute atomic E-state index is 0.260. The van der Waals surface area contributed by atoms with Gasteiger partial charge in [-0.05, 0) is 77.4 Å². The Morgan fingerprint density at radius 1 is 0.379 bits per heavy atom. The van der Waals surface area contributed by atoms with Gasteiger partial charge in [0.2, 0.25) is 0 Å². The lowest BCUT2D eigenvalue weighted by molar-refractivity contribution is 0.633. The highest BCUT2D eigenvalue weighted by atomic mass is 16.3. The van der Waals surface area contributed by atoms with E-state index in [1.54, 1.807) is 0 Å². The van der Waals surface area contributed by atoms with Gasteiger partial charge in [-0.1, -0.05) is 166 Å². The number of hydrogen-bond donors (Lipinski definition) is 0. The summed E-state index contributed by atoms with van der Waals surface area (Å²) in [6.45, 7) is 4.72. The van der Waals surface area contributed by atoms with Crippen LogP contribution in [0.1, 0.15) is 25.0 Å².